The summed E-state index contributed by atoms with van der Waals surface area (Å²) in [6.07, 6.45) is 0.811. The van der Waals surface area contributed by atoms with Gasteiger partial charge in [-0.15, -0.1) is 24.0 Å². The number of rotatable bonds is 5. The van der Waals surface area contributed by atoms with Crippen molar-refractivity contribution in [3.8, 4) is 5.75 Å². The Morgan fingerprint density at radius 2 is 2.10 bits per heavy atom. The summed E-state index contributed by atoms with van der Waals surface area (Å²) in [6, 6.07) is 5.74. The SMILES string of the molecule is CCNC(=NCCc1ccc(OC)cc1Cl)N(C)C.I. The van der Waals surface area contributed by atoms with Crippen LogP contribution in [0.4, 0.5) is 0 Å². The minimum atomic E-state index is 0. The molecule has 0 atom stereocenters. The van der Waals surface area contributed by atoms with Crippen LogP contribution in [-0.4, -0.2) is 45.2 Å². The minimum absolute atomic E-state index is 0. The molecule has 0 amide bonds. The van der Waals surface area contributed by atoms with Crippen molar-refractivity contribution >= 4 is 41.5 Å². The monoisotopic (exact) mass is 411 g/mol. The predicted octanol–water partition coefficient (Wildman–Crippen LogP) is 3.04. The normalized spacial score (nSPS) is 10.8. The quantitative estimate of drug-likeness (QED) is 0.460. The van der Waals surface area contributed by atoms with E-state index < -0.39 is 0 Å². The van der Waals surface area contributed by atoms with Crippen LogP contribution >= 0.6 is 35.6 Å². The van der Waals surface area contributed by atoms with Crippen LogP contribution in [0.3, 0.4) is 0 Å². The molecule has 4 nitrogen and oxygen atoms in total. The Labute approximate surface area is 143 Å². The summed E-state index contributed by atoms with van der Waals surface area (Å²) >= 11 is 6.19. The number of nitrogens with one attached hydrogen (secondary N) is 1. The van der Waals surface area contributed by atoms with Gasteiger partial charge in [-0.05, 0) is 31.0 Å². The summed E-state index contributed by atoms with van der Waals surface area (Å²) in [5.41, 5.74) is 1.08. The Morgan fingerprint density at radius 3 is 2.60 bits per heavy atom. The van der Waals surface area contributed by atoms with E-state index in [9.17, 15) is 0 Å². The van der Waals surface area contributed by atoms with Crippen LogP contribution in [0, 0.1) is 0 Å². The van der Waals surface area contributed by atoms with E-state index in [1.165, 1.54) is 0 Å². The molecule has 1 aromatic rings. The van der Waals surface area contributed by atoms with Crippen molar-refractivity contribution in [2.24, 2.45) is 4.99 Å². The molecule has 0 aliphatic rings. The van der Waals surface area contributed by atoms with Crippen molar-refractivity contribution in [3.63, 3.8) is 0 Å². The highest BCUT2D eigenvalue weighted by atomic mass is 127. The summed E-state index contributed by atoms with van der Waals surface area (Å²) in [4.78, 5) is 6.50. The lowest BCUT2D eigenvalue weighted by atomic mass is 10.1. The Kier molecular flexibility index (Phi) is 9.75. The number of hydrogen-bond donors (Lipinski definition) is 1. The van der Waals surface area contributed by atoms with Gasteiger partial charge in [-0.3, -0.25) is 4.99 Å². The van der Waals surface area contributed by atoms with Crippen LogP contribution < -0.4 is 10.1 Å². The van der Waals surface area contributed by atoms with Gasteiger partial charge in [0, 0.05) is 32.2 Å². The van der Waals surface area contributed by atoms with Crippen molar-refractivity contribution in [1.29, 1.82) is 0 Å². The van der Waals surface area contributed by atoms with E-state index >= 15 is 0 Å². The first kappa shape index (κ1) is 19.3. The molecule has 1 rings (SSSR count). The second-order valence-electron chi connectivity index (χ2n) is 4.34. The average Bonchev–Trinajstić information content (AvgIpc) is 2.39. The third-order valence-electron chi connectivity index (χ3n) is 2.66. The maximum atomic E-state index is 6.19. The van der Waals surface area contributed by atoms with Gasteiger partial charge in [-0.25, -0.2) is 0 Å². The molecule has 1 aromatic carbocycles. The Balaban J connectivity index is 0.00000361. The number of nitrogens with zero attached hydrogens (tertiary/aromatic N) is 2. The van der Waals surface area contributed by atoms with Gasteiger partial charge in [0.2, 0.25) is 0 Å². The van der Waals surface area contributed by atoms with Gasteiger partial charge in [0.1, 0.15) is 5.75 Å². The average molecular weight is 412 g/mol. The lowest BCUT2D eigenvalue weighted by Gasteiger charge is -2.16. The summed E-state index contributed by atoms with van der Waals surface area (Å²) in [6.45, 7) is 3.62. The zero-order chi connectivity index (χ0) is 14.3. The molecule has 0 aromatic heterocycles. The molecule has 0 radical (unpaired) electrons. The molecule has 0 spiro atoms. The predicted molar refractivity (Wildman–Crippen MR) is 96.8 cm³/mol. The molecule has 114 valence electrons. The van der Waals surface area contributed by atoms with Crippen LogP contribution in [0.25, 0.3) is 0 Å². The van der Waals surface area contributed by atoms with Crippen LogP contribution in [0.15, 0.2) is 23.2 Å². The highest BCUT2D eigenvalue weighted by Crippen LogP contribution is 2.22. The largest absolute Gasteiger partial charge is 0.497 e. The summed E-state index contributed by atoms with van der Waals surface area (Å²) in [5.74, 6) is 1.67. The smallest absolute Gasteiger partial charge is 0.193 e. The Bertz CT molecular complexity index is 438. The summed E-state index contributed by atoms with van der Waals surface area (Å²) < 4.78 is 5.13. The van der Waals surface area contributed by atoms with E-state index in [0.717, 1.165) is 35.3 Å². The number of halogens is 2. The molecule has 0 saturated carbocycles. The highest BCUT2D eigenvalue weighted by Gasteiger charge is 2.03. The van der Waals surface area contributed by atoms with E-state index in [2.05, 4.69) is 17.2 Å². The summed E-state index contributed by atoms with van der Waals surface area (Å²) in [5, 5.41) is 3.95. The second kappa shape index (κ2) is 10.1. The zero-order valence-electron chi connectivity index (χ0n) is 12.4. The number of ether oxygens (including phenoxy) is 1. The Hall–Kier alpha value is -0.690. The molecular formula is C14H23ClIN3O. The van der Waals surface area contributed by atoms with Crippen LogP contribution in [-0.2, 0) is 6.42 Å². The fraction of sp³-hybridized carbons (Fsp3) is 0.500. The topological polar surface area (TPSA) is 36.9 Å². The Morgan fingerprint density at radius 1 is 1.40 bits per heavy atom. The van der Waals surface area contributed by atoms with E-state index in [1.54, 1.807) is 7.11 Å². The van der Waals surface area contributed by atoms with Crippen molar-refractivity contribution in [1.82, 2.24) is 10.2 Å². The van der Waals surface area contributed by atoms with Gasteiger partial charge in [0.05, 0.1) is 7.11 Å². The first-order valence-electron chi connectivity index (χ1n) is 6.36. The number of aliphatic imine (C=N–C) groups is 1. The van der Waals surface area contributed by atoms with Crippen LogP contribution in [0.1, 0.15) is 12.5 Å². The molecule has 0 saturated heterocycles. The number of benzene rings is 1. The lowest BCUT2D eigenvalue weighted by molar-refractivity contribution is 0.414. The highest BCUT2D eigenvalue weighted by molar-refractivity contribution is 14.0. The third kappa shape index (κ3) is 6.17. The first-order valence-corrected chi connectivity index (χ1v) is 6.74. The molecule has 6 heteroatoms. The summed E-state index contributed by atoms with van der Waals surface area (Å²) in [7, 11) is 5.58. The molecule has 1 N–H and O–H groups in total. The standard InChI is InChI=1S/C14H22ClN3O.HI/c1-5-16-14(18(2)3)17-9-8-11-6-7-12(19-4)10-13(11)15;/h6-7,10H,5,8-9H2,1-4H3,(H,16,17);1H. The van der Waals surface area contributed by atoms with Gasteiger partial charge < -0.3 is 15.0 Å². The van der Waals surface area contributed by atoms with Crippen molar-refractivity contribution in [3.05, 3.63) is 28.8 Å². The van der Waals surface area contributed by atoms with E-state index in [1.807, 2.05) is 37.2 Å². The molecule has 0 heterocycles. The molecular weight excluding hydrogens is 389 g/mol. The van der Waals surface area contributed by atoms with Gasteiger partial charge in [-0.1, -0.05) is 17.7 Å². The molecule has 0 fully saturated rings. The minimum Gasteiger partial charge on any atom is -0.497 e. The maximum absolute atomic E-state index is 6.19. The number of methoxy groups -OCH3 is 1. The molecule has 0 aliphatic heterocycles. The van der Waals surface area contributed by atoms with Gasteiger partial charge in [0.15, 0.2) is 5.96 Å². The lowest BCUT2D eigenvalue weighted by Crippen LogP contribution is -2.36. The van der Waals surface area contributed by atoms with Crippen LogP contribution in [0.5, 0.6) is 5.75 Å². The van der Waals surface area contributed by atoms with Crippen LogP contribution in [0.2, 0.25) is 5.02 Å². The van der Waals surface area contributed by atoms with Gasteiger partial charge in [0.25, 0.3) is 0 Å². The fourth-order valence-corrected chi connectivity index (χ4v) is 1.92. The van der Waals surface area contributed by atoms with Crippen molar-refractivity contribution in [2.75, 3.05) is 34.3 Å². The fourth-order valence-electron chi connectivity index (χ4n) is 1.65. The van der Waals surface area contributed by atoms with E-state index in [0.29, 0.717) is 6.54 Å². The van der Waals surface area contributed by atoms with E-state index in [-0.39, 0.29) is 24.0 Å². The number of guanidine groups is 1. The maximum Gasteiger partial charge on any atom is 0.193 e. The second-order valence-corrected chi connectivity index (χ2v) is 4.74. The molecule has 0 unspecified atom stereocenters. The zero-order valence-corrected chi connectivity index (χ0v) is 15.5. The molecule has 20 heavy (non-hydrogen) atoms. The van der Waals surface area contributed by atoms with Crippen molar-refractivity contribution < 1.29 is 4.74 Å². The number of hydrogen-bond acceptors (Lipinski definition) is 2. The molecule has 0 aliphatic carbocycles. The van der Waals surface area contributed by atoms with E-state index in [4.69, 9.17) is 16.3 Å². The van der Waals surface area contributed by atoms with Gasteiger partial charge >= 0.3 is 0 Å². The van der Waals surface area contributed by atoms with Gasteiger partial charge in [-0.2, -0.15) is 0 Å². The third-order valence-corrected chi connectivity index (χ3v) is 3.01. The first-order chi connectivity index (χ1) is 9.08. The molecule has 0 bridgehead atoms. The van der Waals surface area contributed by atoms with Crippen molar-refractivity contribution in [2.45, 2.75) is 13.3 Å².